The monoisotopic (exact) mass is 407 g/mol. The summed E-state index contributed by atoms with van der Waals surface area (Å²) in [6, 6.07) is 6.82. The zero-order valence-corrected chi connectivity index (χ0v) is 17.3. The van der Waals surface area contributed by atoms with E-state index in [4.69, 9.17) is 0 Å². The molecule has 8 heteroatoms. The van der Waals surface area contributed by atoms with Crippen LogP contribution in [0.3, 0.4) is 0 Å². The third-order valence-corrected chi connectivity index (χ3v) is 7.26. The molecule has 2 aromatic rings. The number of sulfonamides is 1. The number of hydrogen-bond donors (Lipinski definition) is 1. The average molecular weight is 408 g/mol. The van der Waals surface area contributed by atoms with E-state index in [2.05, 4.69) is 10.2 Å². The molecule has 1 saturated heterocycles. The maximum absolute atomic E-state index is 12.9. The minimum Gasteiger partial charge on any atom is -0.371 e. The molecule has 6 nitrogen and oxygen atoms in total. The number of carbonyl (C=O) groups is 1. The van der Waals surface area contributed by atoms with Gasteiger partial charge in [0, 0.05) is 39.4 Å². The Balaban J connectivity index is 1.94. The smallest absolute Gasteiger partial charge is 0.253 e. The van der Waals surface area contributed by atoms with Crippen molar-refractivity contribution in [3.63, 3.8) is 0 Å². The second kappa shape index (κ2) is 8.41. The van der Waals surface area contributed by atoms with Gasteiger partial charge in [-0.05, 0) is 59.9 Å². The van der Waals surface area contributed by atoms with Crippen LogP contribution in [0.2, 0.25) is 0 Å². The van der Waals surface area contributed by atoms with Crippen LogP contribution in [0.5, 0.6) is 0 Å². The highest BCUT2D eigenvalue weighted by Gasteiger charge is 2.24. The van der Waals surface area contributed by atoms with Crippen molar-refractivity contribution in [2.24, 2.45) is 0 Å². The van der Waals surface area contributed by atoms with E-state index in [0.717, 1.165) is 41.5 Å². The first kappa shape index (κ1) is 19.9. The summed E-state index contributed by atoms with van der Waals surface area (Å²) in [7, 11) is -0.622. The van der Waals surface area contributed by atoms with E-state index in [-0.39, 0.29) is 10.8 Å². The quantitative estimate of drug-likeness (QED) is 0.799. The summed E-state index contributed by atoms with van der Waals surface area (Å²) in [6.07, 6.45) is 3.34. The normalized spacial score (nSPS) is 15.1. The summed E-state index contributed by atoms with van der Waals surface area (Å²) >= 11 is 1.58. The molecule has 0 radical (unpaired) electrons. The van der Waals surface area contributed by atoms with Crippen LogP contribution in [-0.2, 0) is 16.6 Å². The molecular weight excluding hydrogens is 382 g/mol. The molecule has 1 fully saturated rings. The Kier molecular flexibility index (Phi) is 6.18. The Labute approximate surface area is 164 Å². The van der Waals surface area contributed by atoms with Crippen LogP contribution in [0.15, 0.2) is 39.9 Å². The molecule has 0 unspecified atom stereocenters. The zero-order valence-electron chi connectivity index (χ0n) is 15.6. The molecule has 0 bridgehead atoms. The fourth-order valence-electron chi connectivity index (χ4n) is 3.15. The number of thiophene rings is 1. The van der Waals surface area contributed by atoms with Crippen molar-refractivity contribution in [3.05, 3.63) is 46.2 Å². The Bertz CT molecular complexity index is 887. The minimum absolute atomic E-state index is 0.133. The van der Waals surface area contributed by atoms with Crippen molar-refractivity contribution in [1.82, 2.24) is 9.62 Å². The summed E-state index contributed by atoms with van der Waals surface area (Å²) in [5.41, 5.74) is 2.25. The molecule has 1 aromatic heterocycles. The van der Waals surface area contributed by atoms with Gasteiger partial charge in [0.2, 0.25) is 10.0 Å². The van der Waals surface area contributed by atoms with E-state index in [1.807, 2.05) is 16.8 Å². The van der Waals surface area contributed by atoms with Crippen LogP contribution in [0.4, 0.5) is 5.69 Å². The van der Waals surface area contributed by atoms with Crippen molar-refractivity contribution < 1.29 is 13.2 Å². The second-order valence-corrected chi connectivity index (χ2v) is 9.76. The summed E-state index contributed by atoms with van der Waals surface area (Å²) in [5, 5.41) is 6.87. The van der Waals surface area contributed by atoms with Crippen molar-refractivity contribution in [1.29, 1.82) is 0 Å². The lowest BCUT2D eigenvalue weighted by molar-refractivity contribution is 0.0951. The van der Waals surface area contributed by atoms with Gasteiger partial charge in [-0.15, -0.1) is 0 Å². The fraction of sp³-hybridized carbons (Fsp3) is 0.421. The van der Waals surface area contributed by atoms with Gasteiger partial charge < -0.3 is 10.2 Å². The highest BCUT2D eigenvalue weighted by molar-refractivity contribution is 7.89. The lowest BCUT2D eigenvalue weighted by Gasteiger charge is -2.30. The number of hydrogen-bond acceptors (Lipinski definition) is 5. The summed E-state index contributed by atoms with van der Waals surface area (Å²) in [5.74, 6) is -0.252. The van der Waals surface area contributed by atoms with Gasteiger partial charge >= 0.3 is 0 Å². The molecule has 2 heterocycles. The van der Waals surface area contributed by atoms with Crippen LogP contribution in [0, 0.1) is 0 Å². The highest BCUT2D eigenvalue weighted by atomic mass is 32.2. The van der Waals surface area contributed by atoms with Gasteiger partial charge in [0.1, 0.15) is 0 Å². The first-order valence-electron chi connectivity index (χ1n) is 9.00. The van der Waals surface area contributed by atoms with E-state index in [1.54, 1.807) is 23.5 Å². The molecule has 1 N–H and O–H groups in total. The van der Waals surface area contributed by atoms with Gasteiger partial charge in [0.25, 0.3) is 5.91 Å². The zero-order chi connectivity index (χ0) is 19.4. The van der Waals surface area contributed by atoms with Gasteiger partial charge in [-0.25, -0.2) is 12.7 Å². The average Bonchev–Trinajstić information content (AvgIpc) is 3.20. The number of amides is 1. The molecule has 0 atom stereocenters. The largest absolute Gasteiger partial charge is 0.371 e. The van der Waals surface area contributed by atoms with E-state index >= 15 is 0 Å². The highest BCUT2D eigenvalue weighted by Crippen LogP contribution is 2.28. The fourth-order valence-corrected chi connectivity index (χ4v) is 4.75. The number of nitrogens with one attached hydrogen (secondary N) is 1. The number of nitrogens with zero attached hydrogens (tertiary/aromatic N) is 2. The van der Waals surface area contributed by atoms with Crippen molar-refractivity contribution in [2.45, 2.75) is 30.7 Å². The summed E-state index contributed by atoms with van der Waals surface area (Å²) in [4.78, 5) is 15.2. The summed E-state index contributed by atoms with van der Waals surface area (Å²) in [6.45, 7) is 2.18. The Morgan fingerprint density at radius 2 is 1.93 bits per heavy atom. The third-order valence-electron chi connectivity index (χ3n) is 4.72. The molecule has 3 rings (SSSR count). The van der Waals surface area contributed by atoms with Crippen molar-refractivity contribution in [2.75, 3.05) is 32.1 Å². The minimum atomic E-state index is -3.60. The molecule has 0 spiro atoms. The molecule has 146 valence electrons. The van der Waals surface area contributed by atoms with E-state index in [9.17, 15) is 13.2 Å². The number of rotatable bonds is 6. The second-order valence-electron chi connectivity index (χ2n) is 6.83. The van der Waals surface area contributed by atoms with E-state index in [1.165, 1.54) is 26.6 Å². The third kappa shape index (κ3) is 4.51. The van der Waals surface area contributed by atoms with Gasteiger partial charge in [-0.3, -0.25) is 4.79 Å². The standard InChI is InChI=1S/C19H25N3O3S2/c1-21(2)27(24,25)16-6-7-18(22-9-4-3-5-10-22)17(12-16)19(23)20-13-15-8-11-26-14-15/h6-8,11-12,14H,3-5,9-10,13H2,1-2H3,(H,20,23). The van der Waals surface area contributed by atoms with Crippen molar-refractivity contribution in [3.8, 4) is 0 Å². The maximum atomic E-state index is 12.9. The van der Waals surface area contributed by atoms with Gasteiger partial charge in [-0.2, -0.15) is 11.3 Å². The van der Waals surface area contributed by atoms with Gasteiger partial charge in [-0.1, -0.05) is 0 Å². The lowest BCUT2D eigenvalue weighted by atomic mass is 10.1. The van der Waals surface area contributed by atoms with Crippen LogP contribution in [-0.4, -0.2) is 45.8 Å². The molecule has 1 aliphatic heterocycles. The SMILES string of the molecule is CN(C)S(=O)(=O)c1ccc(N2CCCCC2)c(C(=O)NCc2ccsc2)c1. The number of carbonyl (C=O) groups excluding carboxylic acids is 1. The Morgan fingerprint density at radius 1 is 1.19 bits per heavy atom. The van der Waals surface area contributed by atoms with Crippen LogP contribution in [0.1, 0.15) is 35.2 Å². The number of benzene rings is 1. The molecular formula is C19H25N3O3S2. The predicted molar refractivity (Wildman–Crippen MR) is 109 cm³/mol. The molecule has 1 amide bonds. The maximum Gasteiger partial charge on any atom is 0.253 e. The van der Waals surface area contributed by atoms with Crippen LogP contribution in [0.25, 0.3) is 0 Å². The lowest BCUT2D eigenvalue weighted by Crippen LogP contribution is -2.33. The molecule has 1 aromatic carbocycles. The van der Waals surface area contributed by atoms with Crippen LogP contribution < -0.4 is 10.2 Å². The van der Waals surface area contributed by atoms with Crippen LogP contribution >= 0.6 is 11.3 Å². The molecule has 1 aliphatic rings. The van der Waals surface area contributed by atoms with Gasteiger partial charge in [0.15, 0.2) is 0 Å². The number of anilines is 1. The van der Waals surface area contributed by atoms with E-state index < -0.39 is 10.0 Å². The van der Waals surface area contributed by atoms with E-state index in [0.29, 0.717) is 12.1 Å². The number of piperidine rings is 1. The molecule has 0 aliphatic carbocycles. The Hall–Kier alpha value is -1.90. The topological polar surface area (TPSA) is 69.7 Å². The summed E-state index contributed by atoms with van der Waals surface area (Å²) < 4.78 is 26.2. The first-order chi connectivity index (χ1) is 12.9. The van der Waals surface area contributed by atoms with Crippen molar-refractivity contribution >= 4 is 33.0 Å². The molecule has 0 saturated carbocycles. The first-order valence-corrected chi connectivity index (χ1v) is 11.4. The van der Waals surface area contributed by atoms with Gasteiger partial charge in [0.05, 0.1) is 10.5 Å². The predicted octanol–water partition coefficient (Wildman–Crippen LogP) is 2.92. The Morgan fingerprint density at radius 3 is 2.56 bits per heavy atom. The molecule has 27 heavy (non-hydrogen) atoms.